The van der Waals surface area contributed by atoms with E-state index >= 15 is 0 Å². The smallest absolute Gasteiger partial charge is 0.301 e. The molecule has 0 saturated carbocycles. The third kappa shape index (κ3) is 6.87. The van der Waals surface area contributed by atoms with Crippen LogP contribution in [0.25, 0.3) is 5.76 Å². The van der Waals surface area contributed by atoms with E-state index in [0.717, 1.165) is 18.4 Å². The molecule has 0 spiro atoms. The zero-order valence-electron chi connectivity index (χ0n) is 23.7. The summed E-state index contributed by atoms with van der Waals surface area (Å²) in [6.07, 6.45) is 1.68. The van der Waals surface area contributed by atoms with Gasteiger partial charge >= 0.3 is 5.91 Å². The minimum atomic E-state index is -0.949. The molecule has 1 amide bonds. The number of carbonyl (C=O) groups excluding carboxylic acids is 2. The van der Waals surface area contributed by atoms with E-state index in [1.54, 1.807) is 42.5 Å². The summed E-state index contributed by atoms with van der Waals surface area (Å²) in [5, 5.41) is 20.9. The first-order valence-electron chi connectivity index (χ1n) is 13.9. The Morgan fingerprint density at radius 3 is 2.40 bits per heavy atom. The van der Waals surface area contributed by atoms with Crippen LogP contribution in [0.4, 0.5) is 5.13 Å². The van der Waals surface area contributed by atoms with Crippen molar-refractivity contribution in [2.24, 2.45) is 0 Å². The van der Waals surface area contributed by atoms with E-state index < -0.39 is 17.7 Å². The number of hydrogen-bond donors (Lipinski definition) is 1. The van der Waals surface area contributed by atoms with Crippen LogP contribution in [0.5, 0.6) is 11.5 Å². The largest absolute Gasteiger partial charge is 0.507 e. The number of nitrogens with zero attached hydrogens (tertiary/aromatic N) is 3. The van der Waals surface area contributed by atoms with Crippen molar-refractivity contribution in [3.63, 3.8) is 0 Å². The summed E-state index contributed by atoms with van der Waals surface area (Å²) in [5.74, 6) is -0.0962. The van der Waals surface area contributed by atoms with Gasteiger partial charge in [-0.05, 0) is 66.4 Å². The fourth-order valence-electron chi connectivity index (χ4n) is 4.54. The van der Waals surface area contributed by atoms with Gasteiger partial charge in [-0.3, -0.25) is 14.5 Å². The van der Waals surface area contributed by atoms with Crippen LogP contribution in [0, 0.1) is 0 Å². The van der Waals surface area contributed by atoms with Crippen molar-refractivity contribution >= 4 is 57.3 Å². The van der Waals surface area contributed by atoms with E-state index in [2.05, 4.69) is 10.2 Å². The molecule has 3 aromatic carbocycles. The molecule has 8 nitrogen and oxygen atoms in total. The Morgan fingerprint density at radius 1 is 0.953 bits per heavy atom. The lowest BCUT2D eigenvalue weighted by Gasteiger charge is -2.23. The van der Waals surface area contributed by atoms with Crippen LogP contribution >= 0.6 is 34.7 Å². The number of aromatic nitrogens is 2. The van der Waals surface area contributed by atoms with Gasteiger partial charge in [-0.25, -0.2) is 0 Å². The molecule has 1 aliphatic heterocycles. The first-order valence-corrected chi connectivity index (χ1v) is 16.1. The predicted octanol–water partition coefficient (Wildman–Crippen LogP) is 7.69. The second-order valence-corrected chi connectivity index (χ2v) is 12.3. The number of anilines is 1. The summed E-state index contributed by atoms with van der Waals surface area (Å²) in [6, 6.07) is 20.6. The van der Waals surface area contributed by atoms with Gasteiger partial charge < -0.3 is 14.6 Å². The fourth-order valence-corrected chi connectivity index (χ4v) is 6.69. The van der Waals surface area contributed by atoms with Crippen LogP contribution in [0.2, 0.25) is 5.02 Å². The van der Waals surface area contributed by atoms with Gasteiger partial charge in [0.15, 0.2) is 4.34 Å². The van der Waals surface area contributed by atoms with Crippen LogP contribution in [0.15, 0.2) is 82.7 Å². The van der Waals surface area contributed by atoms with Crippen LogP contribution in [-0.4, -0.2) is 40.2 Å². The van der Waals surface area contributed by atoms with Crippen molar-refractivity contribution in [1.29, 1.82) is 0 Å². The van der Waals surface area contributed by atoms with Crippen molar-refractivity contribution in [3.8, 4) is 11.5 Å². The summed E-state index contributed by atoms with van der Waals surface area (Å²) in [7, 11) is 0. The third-order valence-electron chi connectivity index (χ3n) is 6.60. The van der Waals surface area contributed by atoms with E-state index in [1.165, 1.54) is 28.0 Å². The van der Waals surface area contributed by atoms with E-state index in [0.29, 0.717) is 51.0 Å². The molecule has 5 rings (SSSR count). The quantitative estimate of drug-likeness (QED) is 0.0556. The second-order valence-electron chi connectivity index (χ2n) is 9.69. The standard InChI is InChI=1S/C32H30ClN3O5S2/c1-3-16-40-23-14-12-20(13-15-23)28(37)26-27(21-9-7-10-24(18-21)41-17-4-2)36(30(39)29(26)38)31-34-35-32(43-31)42-19-22-8-5-6-11-25(22)33/h5-15,18,27,37H,3-4,16-17,19H2,1-2H3/b28-26+. The maximum absolute atomic E-state index is 13.6. The lowest BCUT2D eigenvalue weighted by atomic mass is 9.95. The molecule has 4 aromatic rings. The lowest BCUT2D eigenvalue weighted by Crippen LogP contribution is -2.29. The maximum Gasteiger partial charge on any atom is 0.301 e. The Kier molecular flexibility index (Phi) is 10.0. The molecule has 0 radical (unpaired) electrons. The number of hydrogen-bond acceptors (Lipinski definition) is 9. The van der Waals surface area contributed by atoms with Crippen LogP contribution in [-0.2, 0) is 15.3 Å². The van der Waals surface area contributed by atoms with E-state index in [1.807, 2.05) is 44.2 Å². The number of aliphatic hydroxyl groups excluding tert-OH is 1. The molecule has 1 unspecified atom stereocenters. The minimum Gasteiger partial charge on any atom is -0.507 e. The van der Waals surface area contributed by atoms with Crippen molar-refractivity contribution in [3.05, 3.63) is 100 Å². The van der Waals surface area contributed by atoms with Crippen molar-refractivity contribution in [2.75, 3.05) is 18.1 Å². The lowest BCUT2D eigenvalue weighted by molar-refractivity contribution is -0.132. The number of thioether (sulfide) groups is 1. The number of rotatable bonds is 12. The molecule has 0 bridgehead atoms. The SMILES string of the molecule is CCCOc1ccc(/C(O)=C2\C(=O)C(=O)N(c3nnc(SCc4ccccc4Cl)s3)C2c2cccc(OCCC)c2)cc1. The summed E-state index contributed by atoms with van der Waals surface area (Å²) in [6.45, 7) is 5.10. The number of halogens is 1. The van der Waals surface area contributed by atoms with E-state index in [9.17, 15) is 14.7 Å². The molecule has 1 aromatic heterocycles. The van der Waals surface area contributed by atoms with Gasteiger partial charge in [-0.1, -0.05) is 78.9 Å². The average Bonchev–Trinajstić information content (AvgIpc) is 3.60. The van der Waals surface area contributed by atoms with Gasteiger partial charge in [-0.15, -0.1) is 10.2 Å². The maximum atomic E-state index is 13.6. The van der Waals surface area contributed by atoms with Gasteiger partial charge in [0.1, 0.15) is 17.3 Å². The van der Waals surface area contributed by atoms with Crippen molar-refractivity contribution < 1.29 is 24.2 Å². The summed E-state index contributed by atoms with van der Waals surface area (Å²) < 4.78 is 12.1. The number of amides is 1. The van der Waals surface area contributed by atoms with Crippen LogP contribution < -0.4 is 14.4 Å². The number of carbonyl (C=O) groups is 2. The van der Waals surface area contributed by atoms with Gasteiger partial charge in [0, 0.05) is 16.3 Å². The Labute approximate surface area is 263 Å². The zero-order valence-corrected chi connectivity index (χ0v) is 26.0. The molecule has 0 aliphatic carbocycles. The van der Waals surface area contributed by atoms with Crippen molar-refractivity contribution in [1.82, 2.24) is 10.2 Å². The molecule has 2 heterocycles. The molecule has 11 heteroatoms. The topological polar surface area (TPSA) is 102 Å². The highest BCUT2D eigenvalue weighted by atomic mass is 35.5. The molecular formula is C32H30ClN3O5S2. The second kappa shape index (κ2) is 14.1. The molecule has 43 heavy (non-hydrogen) atoms. The highest BCUT2D eigenvalue weighted by Crippen LogP contribution is 2.44. The monoisotopic (exact) mass is 635 g/mol. The summed E-state index contributed by atoms with van der Waals surface area (Å²) in [5.41, 5.74) is 1.89. The van der Waals surface area contributed by atoms with Gasteiger partial charge in [0.2, 0.25) is 5.13 Å². The van der Waals surface area contributed by atoms with Gasteiger partial charge in [-0.2, -0.15) is 0 Å². The number of ketones is 1. The average molecular weight is 636 g/mol. The van der Waals surface area contributed by atoms with Crippen molar-refractivity contribution in [2.45, 2.75) is 42.8 Å². The third-order valence-corrected chi connectivity index (χ3v) is 9.08. The minimum absolute atomic E-state index is 0.0414. The fraction of sp³-hybridized carbons (Fsp3) is 0.250. The van der Waals surface area contributed by atoms with Crippen LogP contribution in [0.3, 0.4) is 0 Å². The number of ether oxygens (including phenoxy) is 2. The van der Waals surface area contributed by atoms with Gasteiger partial charge in [0.25, 0.3) is 5.78 Å². The first-order chi connectivity index (χ1) is 20.9. The molecule has 222 valence electrons. The first kappa shape index (κ1) is 30.6. The zero-order chi connectivity index (χ0) is 30.3. The number of aliphatic hydroxyl groups is 1. The van der Waals surface area contributed by atoms with Crippen LogP contribution in [0.1, 0.15) is 49.4 Å². The Balaban J connectivity index is 1.53. The Morgan fingerprint density at radius 2 is 1.67 bits per heavy atom. The van der Waals surface area contributed by atoms with E-state index in [4.69, 9.17) is 21.1 Å². The predicted molar refractivity (Wildman–Crippen MR) is 170 cm³/mol. The van der Waals surface area contributed by atoms with Gasteiger partial charge in [0.05, 0.1) is 24.8 Å². The number of Topliss-reactive ketones (excluding diaryl/α,β-unsaturated/α-hetero) is 1. The summed E-state index contributed by atoms with van der Waals surface area (Å²) in [4.78, 5) is 28.5. The summed E-state index contributed by atoms with van der Waals surface area (Å²) >= 11 is 8.94. The molecule has 1 fully saturated rings. The number of benzene rings is 3. The molecular weight excluding hydrogens is 606 g/mol. The highest BCUT2D eigenvalue weighted by molar-refractivity contribution is 8.00. The normalized spacial score (nSPS) is 16.1. The van der Waals surface area contributed by atoms with E-state index in [-0.39, 0.29) is 16.5 Å². The molecule has 1 atom stereocenters. The molecule has 1 saturated heterocycles. The Bertz CT molecular complexity index is 1640. The molecule has 1 N–H and O–H groups in total. The molecule has 1 aliphatic rings. The Hall–Kier alpha value is -3.86. The highest BCUT2D eigenvalue weighted by Gasteiger charge is 2.48.